The van der Waals surface area contributed by atoms with Crippen LogP contribution in [0.2, 0.25) is 0 Å². The van der Waals surface area contributed by atoms with Crippen molar-refractivity contribution in [2.75, 3.05) is 0 Å². The van der Waals surface area contributed by atoms with Crippen molar-refractivity contribution in [3.8, 4) is 28.3 Å². The summed E-state index contributed by atoms with van der Waals surface area (Å²) < 4.78 is 14.5. The maximum absolute atomic E-state index is 6.26. The van der Waals surface area contributed by atoms with E-state index in [0.717, 1.165) is 71.9 Å². The van der Waals surface area contributed by atoms with Gasteiger partial charge in [-0.2, -0.15) is 0 Å². The third-order valence-electron chi connectivity index (χ3n) is 7.74. The van der Waals surface area contributed by atoms with Crippen molar-refractivity contribution in [3.63, 3.8) is 0 Å². The van der Waals surface area contributed by atoms with Crippen LogP contribution in [0.1, 0.15) is 0 Å². The molecule has 0 aliphatic carbocycles. The van der Waals surface area contributed by atoms with Gasteiger partial charge >= 0.3 is 0 Å². The standard InChI is InChI=1S/C35H20N4O2/c1-2-10-21(11-3-1)39-20-36-35-33(39)32(24-14-8-18-28-30(24)22-12-4-6-16-26(22)40-28)37-34(38-35)25-15-9-19-29-31(25)23-13-5-7-17-27(23)41-29/h1-20H. The summed E-state index contributed by atoms with van der Waals surface area (Å²) >= 11 is 0. The van der Waals surface area contributed by atoms with Crippen LogP contribution < -0.4 is 0 Å². The van der Waals surface area contributed by atoms with Crippen LogP contribution in [0.4, 0.5) is 0 Å². The Hall–Kier alpha value is -5.75. The zero-order chi connectivity index (χ0) is 26.9. The molecule has 0 bridgehead atoms. The minimum Gasteiger partial charge on any atom is -0.456 e. The lowest BCUT2D eigenvalue weighted by molar-refractivity contribution is 0.668. The highest BCUT2D eigenvalue weighted by atomic mass is 16.3. The van der Waals surface area contributed by atoms with Gasteiger partial charge in [-0.25, -0.2) is 15.0 Å². The maximum Gasteiger partial charge on any atom is 0.182 e. The molecule has 9 aromatic rings. The van der Waals surface area contributed by atoms with Crippen molar-refractivity contribution in [1.29, 1.82) is 0 Å². The molecule has 41 heavy (non-hydrogen) atoms. The van der Waals surface area contributed by atoms with Gasteiger partial charge in [0.25, 0.3) is 0 Å². The molecule has 0 amide bonds. The molecule has 6 nitrogen and oxygen atoms in total. The lowest BCUT2D eigenvalue weighted by Crippen LogP contribution is -1.99. The largest absolute Gasteiger partial charge is 0.456 e. The van der Waals surface area contributed by atoms with Gasteiger partial charge in [0.2, 0.25) is 0 Å². The number of furan rings is 2. The van der Waals surface area contributed by atoms with Gasteiger partial charge in [-0.3, -0.25) is 4.57 Å². The van der Waals surface area contributed by atoms with Crippen LogP contribution in [0.3, 0.4) is 0 Å². The molecule has 192 valence electrons. The van der Waals surface area contributed by atoms with Crippen LogP contribution in [0.5, 0.6) is 0 Å². The third kappa shape index (κ3) is 3.22. The summed E-state index contributed by atoms with van der Waals surface area (Å²) in [5, 5.41) is 4.07. The summed E-state index contributed by atoms with van der Waals surface area (Å²) in [4.78, 5) is 15.1. The van der Waals surface area contributed by atoms with Crippen molar-refractivity contribution in [3.05, 3.63) is 122 Å². The van der Waals surface area contributed by atoms with E-state index >= 15 is 0 Å². The summed E-state index contributed by atoms with van der Waals surface area (Å²) in [7, 11) is 0. The average molecular weight is 529 g/mol. The summed E-state index contributed by atoms with van der Waals surface area (Å²) in [6, 6.07) is 38.5. The Kier molecular flexibility index (Phi) is 4.51. The van der Waals surface area contributed by atoms with E-state index in [9.17, 15) is 0 Å². The van der Waals surface area contributed by atoms with E-state index in [-0.39, 0.29) is 0 Å². The van der Waals surface area contributed by atoms with E-state index in [1.807, 2.05) is 85.2 Å². The molecule has 0 aliphatic rings. The monoisotopic (exact) mass is 528 g/mol. The highest BCUT2D eigenvalue weighted by Gasteiger charge is 2.22. The number of rotatable bonds is 3. The first-order valence-corrected chi connectivity index (χ1v) is 13.5. The minimum atomic E-state index is 0.591. The molecule has 0 radical (unpaired) electrons. The van der Waals surface area contributed by atoms with Crippen molar-refractivity contribution >= 4 is 55.0 Å². The number of para-hydroxylation sites is 3. The molecule has 4 heterocycles. The van der Waals surface area contributed by atoms with Gasteiger partial charge in [0.15, 0.2) is 11.5 Å². The number of imidazole rings is 1. The van der Waals surface area contributed by atoms with E-state index in [4.69, 9.17) is 23.8 Å². The Morgan fingerprint density at radius 3 is 1.80 bits per heavy atom. The van der Waals surface area contributed by atoms with E-state index in [2.05, 4.69) is 41.0 Å². The Morgan fingerprint density at radius 2 is 1.10 bits per heavy atom. The number of aromatic nitrogens is 4. The maximum atomic E-state index is 6.26. The second-order valence-electron chi connectivity index (χ2n) is 10.1. The molecule has 0 saturated heterocycles. The molecular weight excluding hydrogens is 508 g/mol. The van der Waals surface area contributed by atoms with E-state index in [1.165, 1.54) is 0 Å². The lowest BCUT2D eigenvalue weighted by atomic mass is 10.0. The summed E-state index contributed by atoms with van der Waals surface area (Å²) in [6.45, 7) is 0. The van der Waals surface area contributed by atoms with Crippen LogP contribution in [0.15, 0.2) is 130 Å². The summed E-state index contributed by atoms with van der Waals surface area (Å²) in [5.74, 6) is 0.591. The number of benzene rings is 5. The molecule has 4 aromatic heterocycles. The van der Waals surface area contributed by atoms with E-state index in [1.54, 1.807) is 0 Å². The summed E-state index contributed by atoms with van der Waals surface area (Å²) in [5.41, 5.74) is 8.36. The average Bonchev–Trinajstić information content (AvgIpc) is 3.74. The predicted molar refractivity (Wildman–Crippen MR) is 162 cm³/mol. The molecule has 0 fully saturated rings. The van der Waals surface area contributed by atoms with Crippen LogP contribution >= 0.6 is 0 Å². The van der Waals surface area contributed by atoms with Crippen molar-refractivity contribution in [2.24, 2.45) is 0 Å². The smallest absolute Gasteiger partial charge is 0.182 e. The quantitative estimate of drug-likeness (QED) is 0.229. The highest BCUT2D eigenvalue weighted by Crippen LogP contribution is 2.41. The minimum absolute atomic E-state index is 0.591. The fourth-order valence-corrected chi connectivity index (χ4v) is 5.95. The first-order chi connectivity index (χ1) is 20.3. The molecule has 6 heteroatoms. The Labute approximate surface area is 233 Å². The fraction of sp³-hybridized carbons (Fsp3) is 0. The zero-order valence-electron chi connectivity index (χ0n) is 21.7. The normalized spacial score (nSPS) is 11.9. The number of hydrogen-bond acceptors (Lipinski definition) is 5. The molecule has 0 aliphatic heterocycles. The fourth-order valence-electron chi connectivity index (χ4n) is 5.95. The van der Waals surface area contributed by atoms with Crippen LogP contribution in [-0.2, 0) is 0 Å². The van der Waals surface area contributed by atoms with Gasteiger partial charge in [-0.15, -0.1) is 0 Å². The van der Waals surface area contributed by atoms with Crippen molar-refractivity contribution < 1.29 is 8.83 Å². The molecule has 0 unspecified atom stereocenters. The van der Waals surface area contributed by atoms with Gasteiger partial charge in [-0.05, 0) is 36.4 Å². The van der Waals surface area contributed by atoms with Crippen LogP contribution in [0.25, 0.3) is 83.4 Å². The molecule has 5 aromatic carbocycles. The van der Waals surface area contributed by atoms with Gasteiger partial charge in [0.1, 0.15) is 39.9 Å². The van der Waals surface area contributed by atoms with Crippen molar-refractivity contribution in [1.82, 2.24) is 19.5 Å². The first kappa shape index (κ1) is 22.1. The second-order valence-corrected chi connectivity index (χ2v) is 10.1. The summed E-state index contributed by atoms with van der Waals surface area (Å²) in [6.07, 6.45) is 1.82. The number of fused-ring (bicyclic) bond motifs is 7. The molecule has 0 saturated carbocycles. The van der Waals surface area contributed by atoms with Gasteiger partial charge in [0, 0.05) is 38.4 Å². The van der Waals surface area contributed by atoms with E-state index < -0.39 is 0 Å². The van der Waals surface area contributed by atoms with Gasteiger partial charge in [0.05, 0.1) is 0 Å². The van der Waals surface area contributed by atoms with Crippen LogP contribution in [0, 0.1) is 0 Å². The predicted octanol–water partition coefficient (Wildman–Crippen LogP) is 8.95. The van der Waals surface area contributed by atoms with Gasteiger partial charge < -0.3 is 8.83 Å². The van der Waals surface area contributed by atoms with Gasteiger partial charge in [-0.1, -0.05) is 78.9 Å². The number of hydrogen-bond donors (Lipinski definition) is 0. The third-order valence-corrected chi connectivity index (χ3v) is 7.74. The molecule has 0 N–H and O–H groups in total. The molecule has 0 atom stereocenters. The van der Waals surface area contributed by atoms with Crippen LogP contribution in [-0.4, -0.2) is 19.5 Å². The topological polar surface area (TPSA) is 69.9 Å². The Bertz CT molecular complexity index is 2430. The molecule has 9 rings (SSSR count). The van der Waals surface area contributed by atoms with Crippen molar-refractivity contribution in [2.45, 2.75) is 0 Å². The Morgan fingerprint density at radius 1 is 0.512 bits per heavy atom. The molecular formula is C35H20N4O2. The zero-order valence-corrected chi connectivity index (χ0v) is 21.7. The Balaban J connectivity index is 1.42. The van der Waals surface area contributed by atoms with E-state index in [0.29, 0.717) is 11.5 Å². The first-order valence-electron chi connectivity index (χ1n) is 13.5. The highest BCUT2D eigenvalue weighted by molar-refractivity contribution is 6.15. The lowest BCUT2D eigenvalue weighted by Gasteiger charge is -2.11. The number of nitrogens with zero attached hydrogens (tertiary/aromatic N) is 4. The SMILES string of the molecule is c1ccc(-n2cnc3nc(-c4cccc5oc6ccccc6c45)nc(-c4cccc5oc6ccccc6c45)c32)cc1. The molecule has 0 spiro atoms. The second kappa shape index (κ2) is 8.37.